The molecule has 11 nitrogen and oxygen atoms in total. The summed E-state index contributed by atoms with van der Waals surface area (Å²) >= 11 is 5.01. The molecule has 15 heteroatoms. The molecule has 190 valence electrons. The van der Waals surface area contributed by atoms with Crippen molar-refractivity contribution in [1.29, 1.82) is 0 Å². The topological polar surface area (TPSA) is 157 Å². The lowest BCUT2D eigenvalue weighted by Crippen LogP contribution is -2.34. The molecule has 0 spiro atoms. The van der Waals surface area contributed by atoms with Crippen LogP contribution in [0.15, 0.2) is 66.7 Å². The molecule has 0 atom stereocenters. The van der Waals surface area contributed by atoms with Crippen molar-refractivity contribution in [3.8, 4) is 0 Å². The van der Waals surface area contributed by atoms with Crippen LogP contribution < -0.4 is 16.0 Å². The average Bonchev–Trinajstić information content (AvgIpc) is 2.83. The SMILES string of the molecule is O=C(NC(=S)Nc1ccc(C(=O)Nc2cccc(C(F)(F)F)c2)cc1)c1cc([N+](=O)[O-])cc([N+](=O)[O-])c1. The third-order valence-corrected chi connectivity index (χ3v) is 4.87. The van der Waals surface area contributed by atoms with Gasteiger partial charge in [-0.2, -0.15) is 13.2 Å². The predicted octanol–water partition coefficient (Wildman–Crippen LogP) is 4.90. The number of benzene rings is 3. The molecular formula is C22H14F3N5O6S. The predicted molar refractivity (Wildman–Crippen MR) is 129 cm³/mol. The molecule has 0 aromatic heterocycles. The summed E-state index contributed by atoms with van der Waals surface area (Å²) in [5, 5.41) is 28.9. The van der Waals surface area contributed by atoms with E-state index < -0.39 is 44.8 Å². The van der Waals surface area contributed by atoms with Crippen molar-refractivity contribution in [1.82, 2.24) is 5.32 Å². The molecule has 0 unspecified atom stereocenters. The molecule has 0 bridgehead atoms. The van der Waals surface area contributed by atoms with Gasteiger partial charge in [-0.1, -0.05) is 6.07 Å². The van der Waals surface area contributed by atoms with E-state index in [0.717, 1.165) is 30.3 Å². The highest BCUT2D eigenvalue weighted by Crippen LogP contribution is 2.30. The van der Waals surface area contributed by atoms with Crippen molar-refractivity contribution in [2.24, 2.45) is 0 Å². The van der Waals surface area contributed by atoms with Gasteiger partial charge in [-0.25, -0.2) is 0 Å². The van der Waals surface area contributed by atoms with Gasteiger partial charge in [0.05, 0.1) is 27.0 Å². The number of alkyl halides is 3. The van der Waals surface area contributed by atoms with E-state index in [4.69, 9.17) is 12.2 Å². The molecule has 0 aliphatic carbocycles. The minimum atomic E-state index is -4.56. The monoisotopic (exact) mass is 533 g/mol. The first kappa shape index (κ1) is 26.7. The first-order valence-electron chi connectivity index (χ1n) is 9.98. The van der Waals surface area contributed by atoms with Gasteiger partial charge >= 0.3 is 6.18 Å². The summed E-state index contributed by atoms with van der Waals surface area (Å²) in [5.41, 5.74) is -2.22. The Morgan fingerprint density at radius 2 is 1.35 bits per heavy atom. The molecule has 3 aromatic rings. The van der Waals surface area contributed by atoms with Crippen LogP contribution >= 0.6 is 12.2 Å². The van der Waals surface area contributed by atoms with Crippen molar-refractivity contribution in [2.45, 2.75) is 6.18 Å². The number of carbonyl (C=O) groups excluding carboxylic acids is 2. The minimum absolute atomic E-state index is 0.0488. The third-order valence-electron chi connectivity index (χ3n) is 4.67. The molecule has 0 heterocycles. The Hall–Kier alpha value is -4.92. The zero-order chi connectivity index (χ0) is 27.3. The molecule has 0 fully saturated rings. The molecule has 2 amide bonds. The van der Waals surface area contributed by atoms with E-state index in [0.29, 0.717) is 11.8 Å². The van der Waals surface area contributed by atoms with Crippen LogP contribution in [0.5, 0.6) is 0 Å². The van der Waals surface area contributed by atoms with Crippen molar-refractivity contribution in [3.63, 3.8) is 0 Å². The van der Waals surface area contributed by atoms with Gasteiger partial charge in [0.2, 0.25) is 0 Å². The second-order valence-corrected chi connectivity index (χ2v) is 7.68. The molecule has 3 rings (SSSR count). The first-order valence-corrected chi connectivity index (χ1v) is 10.4. The summed E-state index contributed by atoms with van der Waals surface area (Å²) in [4.78, 5) is 45.0. The van der Waals surface area contributed by atoms with Crippen LogP contribution in [0.25, 0.3) is 0 Å². The minimum Gasteiger partial charge on any atom is -0.332 e. The highest BCUT2D eigenvalue weighted by molar-refractivity contribution is 7.80. The number of hydrogen-bond donors (Lipinski definition) is 3. The number of amides is 2. The standard InChI is InChI=1S/C22H14F3N5O6S/c23-22(24,25)14-2-1-3-16(10-14)26-19(31)12-4-6-15(7-5-12)27-21(37)28-20(32)13-8-17(29(33)34)11-18(9-13)30(35)36/h1-11H,(H,26,31)(H2,27,28,32,37). The first-order chi connectivity index (χ1) is 17.3. The van der Waals surface area contributed by atoms with Gasteiger partial charge in [-0.3, -0.25) is 35.1 Å². The van der Waals surface area contributed by atoms with E-state index in [2.05, 4.69) is 16.0 Å². The van der Waals surface area contributed by atoms with E-state index in [1.165, 1.54) is 30.3 Å². The average molecular weight is 533 g/mol. The van der Waals surface area contributed by atoms with Crippen LogP contribution in [0.1, 0.15) is 26.3 Å². The second-order valence-electron chi connectivity index (χ2n) is 7.27. The van der Waals surface area contributed by atoms with Gasteiger partial charge in [0.15, 0.2) is 5.11 Å². The molecule has 0 saturated carbocycles. The third kappa shape index (κ3) is 7.04. The van der Waals surface area contributed by atoms with E-state index in [-0.39, 0.29) is 21.9 Å². The van der Waals surface area contributed by atoms with Crippen LogP contribution in [0.2, 0.25) is 0 Å². The van der Waals surface area contributed by atoms with Crippen molar-refractivity contribution in [2.75, 3.05) is 10.6 Å². The maximum Gasteiger partial charge on any atom is 0.416 e. The Morgan fingerprint density at radius 1 is 0.757 bits per heavy atom. The van der Waals surface area contributed by atoms with Crippen LogP contribution in [-0.2, 0) is 6.18 Å². The molecule has 0 saturated heterocycles. The van der Waals surface area contributed by atoms with Crippen LogP contribution in [0.3, 0.4) is 0 Å². The fourth-order valence-electron chi connectivity index (χ4n) is 2.96. The number of rotatable bonds is 6. The van der Waals surface area contributed by atoms with Crippen LogP contribution in [0.4, 0.5) is 35.9 Å². The number of carbonyl (C=O) groups is 2. The zero-order valence-corrected chi connectivity index (χ0v) is 19.1. The largest absolute Gasteiger partial charge is 0.416 e. The highest BCUT2D eigenvalue weighted by atomic mass is 32.1. The fourth-order valence-corrected chi connectivity index (χ4v) is 3.17. The van der Waals surface area contributed by atoms with Crippen LogP contribution in [0, 0.1) is 20.2 Å². The molecule has 3 N–H and O–H groups in total. The quantitative estimate of drug-likeness (QED) is 0.229. The van der Waals surface area contributed by atoms with Gasteiger partial charge in [0.1, 0.15) is 0 Å². The lowest BCUT2D eigenvalue weighted by atomic mass is 10.1. The molecule has 3 aromatic carbocycles. The second kappa shape index (κ2) is 10.8. The lowest BCUT2D eigenvalue weighted by Gasteiger charge is -2.11. The number of anilines is 2. The summed E-state index contributed by atoms with van der Waals surface area (Å²) in [5.74, 6) is -1.62. The lowest BCUT2D eigenvalue weighted by molar-refractivity contribution is -0.394. The molecule has 37 heavy (non-hydrogen) atoms. The van der Waals surface area contributed by atoms with Gasteiger partial charge in [0.25, 0.3) is 23.2 Å². The Labute approximate surface area is 210 Å². The molecule has 0 aliphatic rings. The summed E-state index contributed by atoms with van der Waals surface area (Å²) in [6.07, 6.45) is -4.56. The number of thiocarbonyl (C=S) groups is 1. The highest BCUT2D eigenvalue weighted by Gasteiger charge is 2.30. The van der Waals surface area contributed by atoms with Crippen LogP contribution in [-0.4, -0.2) is 26.8 Å². The summed E-state index contributed by atoms with van der Waals surface area (Å²) < 4.78 is 38.5. The summed E-state index contributed by atoms with van der Waals surface area (Å²) in [7, 11) is 0. The van der Waals surface area contributed by atoms with E-state index in [1.807, 2.05) is 0 Å². The Balaban J connectivity index is 1.64. The molecule has 0 aliphatic heterocycles. The van der Waals surface area contributed by atoms with Crippen molar-refractivity contribution in [3.05, 3.63) is 104 Å². The summed E-state index contributed by atoms with van der Waals surface area (Å²) in [6.45, 7) is 0. The Kier molecular flexibility index (Phi) is 7.77. The Morgan fingerprint density at radius 3 is 1.89 bits per heavy atom. The van der Waals surface area contributed by atoms with Crippen molar-refractivity contribution < 1.29 is 32.6 Å². The maximum absolute atomic E-state index is 12.8. The van der Waals surface area contributed by atoms with Gasteiger partial charge in [-0.05, 0) is 54.7 Å². The number of nitro benzene ring substituents is 2. The fraction of sp³-hybridized carbons (Fsp3) is 0.0455. The number of halogens is 3. The number of nitrogens with zero attached hydrogens (tertiary/aromatic N) is 2. The van der Waals surface area contributed by atoms with E-state index in [9.17, 15) is 43.0 Å². The zero-order valence-electron chi connectivity index (χ0n) is 18.2. The Bertz CT molecular complexity index is 1380. The smallest absolute Gasteiger partial charge is 0.332 e. The number of nitrogens with one attached hydrogen (secondary N) is 3. The maximum atomic E-state index is 12.8. The van der Waals surface area contributed by atoms with Gasteiger partial charge in [-0.15, -0.1) is 0 Å². The number of hydrogen-bond acceptors (Lipinski definition) is 7. The number of non-ortho nitro benzene ring substituents is 2. The molecular weight excluding hydrogens is 519 g/mol. The molecule has 0 radical (unpaired) electrons. The van der Waals surface area contributed by atoms with Gasteiger partial charge < -0.3 is 10.6 Å². The summed E-state index contributed by atoms with van der Waals surface area (Å²) in [6, 6.07) is 12.0. The van der Waals surface area contributed by atoms with Gasteiger partial charge in [0, 0.05) is 29.1 Å². The van der Waals surface area contributed by atoms with E-state index in [1.54, 1.807) is 0 Å². The van der Waals surface area contributed by atoms with E-state index >= 15 is 0 Å². The normalized spacial score (nSPS) is 10.8. The number of nitro groups is 2. The van der Waals surface area contributed by atoms with Crippen molar-refractivity contribution >= 4 is 51.9 Å².